The number of hydrogen-bond donors (Lipinski definition) is 1. The minimum atomic E-state index is -1.44. The second-order valence-electron chi connectivity index (χ2n) is 13.1. The number of piperazine rings is 1. The molecule has 48 heavy (non-hydrogen) atoms. The summed E-state index contributed by atoms with van der Waals surface area (Å²) < 4.78 is 37.5. The molecule has 1 amide bonds. The van der Waals surface area contributed by atoms with Gasteiger partial charge in [0.1, 0.15) is 35.6 Å². The topological polar surface area (TPSA) is 138 Å². The molecule has 3 saturated heterocycles. The van der Waals surface area contributed by atoms with Gasteiger partial charge in [-0.1, -0.05) is 0 Å². The normalized spacial score (nSPS) is 20.4. The van der Waals surface area contributed by atoms with E-state index in [-0.39, 0.29) is 30.8 Å². The molecule has 2 aromatic carbocycles. The Kier molecular flexibility index (Phi) is 9.79. The zero-order valence-electron chi connectivity index (χ0n) is 27.7. The number of ether oxygens (including phenoxy) is 4. The summed E-state index contributed by atoms with van der Waals surface area (Å²) in [7, 11) is 1.66. The Morgan fingerprint density at radius 2 is 1.85 bits per heavy atom. The molecule has 2 atom stereocenters. The minimum absolute atomic E-state index is 0.150. The number of carbonyl (C=O) groups is 1. The fourth-order valence-electron chi connectivity index (χ4n) is 5.93. The number of rotatable bonds is 8. The molecule has 6 rings (SSSR count). The lowest BCUT2D eigenvalue weighted by atomic mass is 10.1. The van der Waals surface area contributed by atoms with Gasteiger partial charge < -0.3 is 34.1 Å². The van der Waals surface area contributed by atoms with Crippen molar-refractivity contribution in [2.24, 2.45) is 0 Å². The van der Waals surface area contributed by atoms with Gasteiger partial charge in [-0.15, -0.1) is 0 Å². The van der Waals surface area contributed by atoms with E-state index < -0.39 is 24.0 Å². The Morgan fingerprint density at radius 1 is 1.06 bits per heavy atom. The van der Waals surface area contributed by atoms with Crippen LogP contribution >= 0.6 is 0 Å². The van der Waals surface area contributed by atoms with Crippen LogP contribution in [-0.4, -0.2) is 114 Å². The monoisotopic (exact) mass is 660 g/mol. The van der Waals surface area contributed by atoms with Crippen LogP contribution in [0.3, 0.4) is 0 Å². The fraction of sp³-hybridized carbons (Fsp3) is 0.500. The summed E-state index contributed by atoms with van der Waals surface area (Å²) in [5.41, 5.74) is 1.89. The number of alkyl halides is 1. The first-order valence-electron chi connectivity index (χ1n) is 16.1. The molecule has 1 N–H and O–H groups in total. The second kappa shape index (κ2) is 14.2. The molecule has 14 heteroatoms. The average Bonchev–Trinajstić information content (AvgIpc) is 3.04. The third kappa shape index (κ3) is 7.69. The van der Waals surface area contributed by atoms with Gasteiger partial charge in [-0.2, -0.15) is 10.2 Å². The Morgan fingerprint density at radius 3 is 2.52 bits per heavy atom. The van der Waals surface area contributed by atoms with Crippen LogP contribution in [-0.2, 0) is 9.47 Å². The van der Waals surface area contributed by atoms with E-state index in [4.69, 9.17) is 18.9 Å². The number of halogens is 1. The van der Waals surface area contributed by atoms with E-state index in [2.05, 4.69) is 36.1 Å². The van der Waals surface area contributed by atoms with Gasteiger partial charge in [0.25, 0.3) is 0 Å². The van der Waals surface area contributed by atoms with Crippen LogP contribution in [0.1, 0.15) is 32.8 Å². The number of aromatic nitrogens is 3. The molecule has 3 aliphatic rings. The lowest BCUT2D eigenvalue weighted by molar-refractivity contribution is -0.0660. The Balaban J connectivity index is 1.09. The number of likely N-dealkylation sites (tertiary alicyclic amines) is 1. The van der Waals surface area contributed by atoms with Gasteiger partial charge in [-0.05, 0) is 51.1 Å². The summed E-state index contributed by atoms with van der Waals surface area (Å²) in [6.07, 6.45) is -1.16. The molecule has 0 aliphatic carbocycles. The highest BCUT2D eigenvalue weighted by Gasteiger charge is 2.35. The van der Waals surface area contributed by atoms with Crippen molar-refractivity contribution in [2.75, 3.05) is 69.8 Å². The number of hydrogen-bond acceptors (Lipinski definition) is 12. The number of anilines is 3. The largest absolute Gasteiger partial charge is 0.495 e. The third-order valence-corrected chi connectivity index (χ3v) is 8.57. The summed E-state index contributed by atoms with van der Waals surface area (Å²) >= 11 is 0. The number of carbonyl (C=O) groups excluding carboxylic acids is 1. The number of nitrogens with one attached hydrogen (secondary N) is 1. The number of benzene rings is 2. The lowest BCUT2D eigenvalue weighted by Crippen LogP contribution is -2.56. The predicted molar refractivity (Wildman–Crippen MR) is 176 cm³/mol. The molecule has 1 aromatic heterocycles. The molecule has 0 radical (unpaired) electrons. The van der Waals surface area contributed by atoms with Gasteiger partial charge in [0.05, 0.1) is 44.2 Å². The Bertz CT molecular complexity index is 1650. The molecular weight excluding hydrogens is 619 g/mol. The highest BCUT2D eigenvalue weighted by Crippen LogP contribution is 2.34. The van der Waals surface area contributed by atoms with E-state index in [0.717, 1.165) is 56.5 Å². The van der Waals surface area contributed by atoms with Crippen LogP contribution in [0.2, 0.25) is 0 Å². The van der Waals surface area contributed by atoms with Crippen LogP contribution in [0.5, 0.6) is 11.5 Å². The van der Waals surface area contributed by atoms with Crippen LogP contribution in [0.4, 0.5) is 26.5 Å². The summed E-state index contributed by atoms with van der Waals surface area (Å²) in [4.78, 5) is 31.7. The first kappa shape index (κ1) is 33.2. The average molecular weight is 661 g/mol. The van der Waals surface area contributed by atoms with Crippen LogP contribution in [0.25, 0.3) is 11.4 Å². The standard InChI is InChI=1S/C34H41FN8O5/c1-34(2,3)48-33(44)43-10-9-29(26(35)18-43)47-28-8-5-22(15-23(28)17-36)31-37-21-38-32(40-31)39-24-6-7-27(30(16-24)45-4)42-13-11-41(12-14-42)25-19-46-20-25/h5-8,15-16,21,25-26,29H,9-14,18-20H2,1-4H3,(H,37,38,39,40). The van der Waals surface area contributed by atoms with Gasteiger partial charge in [0.2, 0.25) is 5.95 Å². The maximum absolute atomic E-state index is 15.1. The van der Waals surface area contributed by atoms with Crippen molar-refractivity contribution < 1.29 is 28.1 Å². The van der Waals surface area contributed by atoms with Gasteiger partial charge in [0.15, 0.2) is 12.0 Å². The summed E-state index contributed by atoms with van der Waals surface area (Å²) in [5, 5.41) is 13.1. The van der Waals surface area contributed by atoms with Crippen molar-refractivity contribution in [1.29, 1.82) is 5.26 Å². The molecule has 3 aliphatic heterocycles. The van der Waals surface area contributed by atoms with E-state index >= 15 is 4.39 Å². The minimum Gasteiger partial charge on any atom is -0.495 e. The van der Waals surface area contributed by atoms with Crippen LogP contribution in [0.15, 0.2) is 42.7 Å². The van der Waals surface area contributed by atoms with Crippen LogP contribution in [0, 0.1) is 11.3 Å². The van der Waals surface area contributed by atoms with Crippen molar-refractivity contribution in [3.63, 3.8) is 0 Å². The summed E-state index contributed by atoms with van der Waals surface area (Å²) in [6, 6.07) is 13.5. The molecule has 0 spiro atoms. The lowest BCUT2D eigenvalue weighted by Gasteiger charge is -2.43. The van der Waals surface area contributed by atoms with E-state index in [1.54, 1.807) is 46.1 Å². The summed E-state index contributed by atoms with van der Waals surface area (Å²) in [5.74, 6) is 1.66. The molecule has 4 heterocycles. The van der Waals surface area contributed by atoms with Crippen molar-refractivity contribution in [3.8, 4) is 29.0 Å². The van der Waals surface area contributed by atoms with Crippen LogP contribution < -0.4 is 19.7 Å². The summed E-state index contributed by atoms with van der Waals surface area (Å²) in [6.45, 7) is 10.9. The van der Waals surface area contributed by atoms with E-state index in [9.17, 15) is 10.1 Å². The zero-order valence-corrected chi connectivity index (χ0v) is 27.7. The van der Waals surface area contributed by atoms with Gasteiger partial charge >= 0.3 is 6.09 Å². The first-order valence-corrected chi connectivity index (χ1v) is 16.1. The highest BCUT2D eigenvalue weighted by molar-refractivity contribution is 5.69. The molecular formula is C34H41FN8O5. The highest BCUT2D eigenvalue weighted by atomic mass is 19.1. The van der Waals surface area contributed by atoms with Crippen molar-refractivity contribution in [3.05, 3.63) is 48.3 Å². The van der Waals surface area contributed by atoms with E-state index in [0.29, 0.717) is 23.4 Å². The number of piperidine rings is 1. The van der Waals surface area contributed by atoms with Crippen molar-refractivity contribution >= 4 is 23.4 Å². The molecule has 0 bridgehead atoms. The molecule has 254 valence electrons. The molecule has 13 nitrogen and oxygen atoms in total. The molecule has 3 aromatic rings. The SMILES string of the molecule is COc1cc(Nc2ncnc(-c3ccc(OC4CCN(C(=O)OC(C)(C)C)CC4F)c(C#N)c3)n2)ccc1N1CCN(C2COC2)CC1. The molecule has 0 saturated carbocycles. The second-order valence-corrected chi connectivity index (χ2v) is 13.1. The van der Waals surface area contributed by atoms with Gasteiger partial charge in [0, 0.05) is 56.5 Å². The van der Waals surface area contributed by atoms with Gasteiger partial charge in [-0.3, -0.25) is 4.90 Å². The molecule has 3 fully saturated rings. The maximum atomic E-state index is 15.1. The van der Waals surface area contributed by atoms with E-state index in [1.807, 2.05) is 18.2 Å². The number of nitriles is 1. The smallest absolute Gasteiger partial charge is 0.410 e. The first-order chi connectivity index (χ1) is 23.1. The Labute approximate surface area is 279 Å². The van der Waals surface area contributed by atoms with Crippen molar-refractivity contribution in [2.45, 2.75) is 51.1 Å². The number of nitrogens with zero attached hydrogens (tertiary/aromatic N) is 7. The Hall–Kier alpha value is -4.74. The number of amides is 1. The molecule has 2 unspecified atom stereocenters. The quantitative estimate of drug-likeness (QED) is 0.366. The third-order valence-electron chi connectivity index (χ3n) is 8.57. The van der Waals surface area contributed by atoms with Gasteiger partial charge in [-0.25, -0.2) is 19.2 Å². The van der Waals surface area contributed by atoms with Crippen molar-refractivity contribution in [1.82, 2.24) is 24.8 Å². The fourth-order valence-corrected chi connectivity index (χ4v) is 5.93. The predicted octanol–water partition coefficient (Wildman–Crippen LogP) is 4.41. The maximum Gasteiger partial charge on any atom is 0.410 e. The van der Waals surface area contributed by atoms with E-state index in [1.165, 1.54) is 11.2 Å². The number of methoxy groups -OCH3 is 1. The zero-order chi connectivity index (χ0) is 33.8.